The Morgan fingerprint density at radius 1 is 1.29 bits per heavy atom. The van der Waals surface area contributed by atoms with Crippen LogP contribution in [0.15, 0.2) is 23.1 Å². The fraction of sp³-hybridized carbons (Fsp3) is 0.600. The second-order valence-electron chi connectivity index (χ2n) is 6.03. The summed E-state index contributed by atoms with van der Waals surface area (Å²) in [7, 11) is -2.04. The smallest absolute Gasteiger partial charge is 0.240 e. The van der Waals surface area contributed by atoms with Gasteiger partial charge in [0.1, 0.15) is 5.75 Å². The Morgan fingerprint density at radius 3 is 2.57 bits per heavy atom. The van der Waals surface area contributed by atoms with Gasteiger partial charge in [-0.05, 0) is 49.3 Å². The summed E-state index contributed by atoms with van der Waals surface area (Å²) >= 11 is 0. The van der Waals surface area contributed by atoms with Crippen LogP contribution in [0.25, 0.3) is 0 Å². The van der Waals surface area contributed by atoms with Crippen molar-refractivity contribution in [3.8, 4) is 5.75 Å². The van der Waals surface area contributed by atoms with Crippen molar-refractivity contribution in [2.45, 2.75) is 44.0 Å². The molecule has 0 radical (unpaired) electrons. The second-order valence-corrected chi connectivity index (χ2v) is 7.74. The summed E-state index contributed by atoms with van der Waals surface area (Å²) in [6, 6.07) is 4.54. The van der Waals surface area contributed by atoms with Crippen molar-refractivity contribution in [2.24, 2.45) is 11.8 Å². The molecule has 0 bridgehead atoms. The predicted molar refractivity (Wildman–Crippen MR) is 83.7 cm³/mol. The average Bonchev–Trinajstić information content (AvgIpc) is 2.42. The summed E-state index contributed by atoms with van der Waals surface area (Å²) < 4.78 is 32.8. The highest BCUT2D eigenvalue weighted by molar-refractivity contribution is 7.89. The van der Waals surface area contributed by atoms with Crippen LogP contribution < -0.4 is 15.2 Å². The number of hydrogen-bond donors (Lipinski definition) is 2. The maximum absolute atomic E-state index is 12.5. The van der Waals surface area contributed by atoms with E-state index in [0.29, 0.717) is 23.3 Å². The first kappa shape index (κ1) is 16.1. The summed E-state index contributed by atoms with van der Waals surface area (Å²) in [5, 5.41) is 0. The number of nitrogens with two attached hydrogens (primary N) is 1. The highest BCUT2D eigenvalue weighted by Crippen LogP contribution is 2.30. The molecule has 2 rings (SSSR count). The third kappa shape index (κ3) is 3.68. The molecule has 0 saturated heterocycles. The summed E-state index contributed by atoms with van der Waals surface area (Å²) in [5.41, 5.74) is 6.11. The number of ether oxygens (including phenoxy) is 1. The predicted octanol–water partition coefficient (Wildman–Crippen LogP) is 2.38. The van der Waals surface area contributed by atoms with Gasteiger partial charge in [0.25, 0.3) is 0 Å². The zero-order valence-corrected chi connectivity index (χ0v) is 13.6. The zero-order valence-electron chi connectivity index (χ0n) is 12.8. The first-order valence-corrected chi connectivity index (χ1v) is 8.77. The molecule has 1 saturated carbocycles. The first-order valence-electron chi connectivity index (χ1n) is 7.29. The Hall–Kier alpha value is -1.27. The van der Waals surface area contributed by atoms with Crippen LogP contribution in [0.3, 0.4) is 0 Å². The molecule has 118 valence electrons. The van der Waals surface area contributed by atoms with Crippen LogP contribution in [0.2, 0.25) is 0 Å². The third-order valence-corrected chi connectivity index (χ3v) is 5.74. The quantitative estimate of drug-likeness (QED) is 0.836. The van der Waals surface area contributed by atoms with Crippen LogP contribution in [0, 0.1) is 11.8 Å². The molecule has 3 N–H and O–H groups in total. The summed E-state index contributed by atoms with van der Waals surface area (Å²) in [6.07, 6.45) is 2.99. The molecule has 6 heteroatoms. The number of sulfonamides is 1. The Kier molecular flexibility index (Phi) is 4.78. The van der Waals surface area contributed by atoms with Gasteiger partial charge in [0.05, 0.1) is 17.7 Å². The molecule has 1 aliphatic rings. The molecule has 1 aromatic rings. The molecular weight excluding hydrogens is 288 g/mol. The van der Waals surface area contributed by atoms with E-state index in [0.717, 1.165) is 19.3 Å². The summed E-state index contributed by atoms with van der Waals surface area (Å²) in [4.78, 5) is 0.187. The summed E-state index contributed by atoms with van der Waals surface area (Å²) in [5.74, 6) is 1.49. The standard InChI is InChI=1S/C15H24N2O3S/c1-10-4-6-14(11(2)8-10)17-21(18,19)12-5-7-15(20-3)13(16)9-12/h5,7,9-11,14,17H,4,6,8,16H2,1-3H3. The van der Waals surface area contributed by atoms with Crippen molar-refractivity contribution >= 4 is 15.7 Å². The Labute approximate surface area is 126 Å². The molecular formula is C15H24N2O3S. The van der Waals surface area contributed by atoms with E-state index < -0.39 is 10.0 Å². The van der Waals surface area contributed by atoms with Crippen molar-refractivity contribution < 1.29 is 13.2 Å². The molecule has 0 aromatic heterocycles. The first-order chi connectivity index (χ1) is 9.83. The van der Waals surface area contributed by atoms with Crippen molar-refractivity contribution in [2.75, 3.05) is 12.8 Å². The molecule has 0 heterocycles. The molecule has 1 aliphatic carbocycles. The molecule has 21 heavy (non-hydrogen) atoms. The van der Waals surface area contributed by atoms with Gasteiger partial charge in [0.15, 0.2) is 0 Å². The lowest BCUT2D eigenvalue weighted by atomic mass is 9.80. The van der Waals surface area contributed by atoms with Crippen molar-refractivity contribution in [3.05, 3.63) is 18.2 Å². The third-order valence-electron chi connectivity index (χ3n) is 4.25. The van der Waals surface area contributed by atoms with E-state index >= 15 is 0 Å². The normalized spacial score (nSPS) is 26.5. The molecule has 3 unspecified atom stereocenters. The topological polar surface area (TPSA) is 81.4 Å². The van der Waals surface area contributed by atoms with Crippen LogP contribution in [-0.4, -0.2) is 21.6 Å². The minimum Gasteiger partial charge on any atom is -0.495 e. The number of benzene rings is 1. The Balaban J connectivity index is 2.17. The fourth-order valence-corrected chi connectivity index (χ4v) is 4.40. The van der Waals surface area contributed by atoms with E-state index in [1.165, 1.54) is 19.2 Å². The van der Waals surface area contributed by atoms with E-state index in [9.17, 15) is 8.42 Å². The van der Waals surface area contributed by atoms with Gasteiger partial charge >= 0.3 is 0 Å². The maximum Gasteiger partial charge on any atom is 0.240 e. The van der Waals surface area contributed by atoms with Crippen LogP contribution in [0.1, 0.15) is 33.1 Å². The second kappa shape index (κ2) is 6.23. The maximum atomic E-state index is 12.5. The molecule has 1 aromatic carbocycles. The molecule has 0 amide bonds. The van der Waals surface area contributed by atoms with Gasteiger partial charge in [0, 0.05) is 6.04 Å². The van der Waals surface area contributed by atoms with E-state index in [1.807, 2.05) is 0 Å². The van der Waals surface area contributed by atoms with Gasteiger partial charge in [-0.2, -0.15) is 0 Å². The van der Waals surface area contributed by atoms with Gasteiger partial charge in [-0.1, -0.05) is 13.8 Å². The molecule has 5 nitrogen and oxygen atoms in total. The van der Waals surface area contributed by atoms with Crippen molar-refractivity contribution in [1.29, 1.82) is 0 Å². The van der Waals surface area contributed by atoms with Crippen molar-refractivity contribution in [1.82, 2.24) is 4.72 Å². The molecule has 1 fully saturated rings. The largest absolute Gasteiger partial charge is 0.495 e. The lowest BCUT2D eigenvalue weighted by Crippen LogP contribution is -2.42. The van der Waals surface area contributed by atoms with Crippen molar-refractivity contribution in [3.63, 3.8) is 0 Å². The highest BCUT2D eigenvalue weighted by atomic mass is 32.2. The van der Waals surface area contributed by atoms with E-state index in [2.05, 4.69) is 18.6 Å². The SMILES string of the molecule is COc1ccc(S(=O)(=O)NC2CCC(C)CC2C)cc1N. The zero-order chi connectivity index (χ0) is 15.6. The van der Waals surface area contributed by atoms with Crippen LogP contribution >= 0.6 is 0 Å². The van der Waals surface area contributed by atoms with Gasteiger partial charge in [-0.15, -0.1) is 0 Å². The van der Waals surface area contributed by atoms with Gasteiger partial charge in [-0.25, -0.2) is 13.1 Å². The molecule has 3 atom stereocenters. The Morgan fingerprint density at radius 2 is 2.00 bits per heavy atom. The fourth-order valence-electron chi connectivity index (χ4n) is 2.99. The van der Waals surface area contributed by atoms with Gasteiger partial charge in [0.2, 0.25) is 10.0 Å². The van der Waals surface area contributed by atoms with E-state index in [4.69, 9.17) is 10.5 Å². The van der Waals surface area contributed by atoms with Crippen LogP contribution in [0.5, 0.6) is 5.75 Å². The number of hydrogen-bond acceptors (Lipinski definition) is 4. The number of methoxy groups -OCH3 is 1. The van der Waals surface area contributed by atoms with E-state index in [-0.39, 0.29) is 10.9 Å². The molecule has 0 spiro atoms. The van der Waals surface area contributed by atoms with Gasteiger partial charge < -0.3 is 10.5 Å². The minimum atomic E-state index is -3.54. The minimum absolute atomic E-state index is 0.00507. The van der Waals surface area contributed by atoms with Gasteiger partial charge in [-0.3, -0.25) is 0 Å². The average molecular weight is 312 g/mol. The highest BCUT2D eigenvalue weighted by Gasteiger charge is 2.29. The number of rotatable bonds is 4. The Bertz CT molecular complexity index is 601. The lowest BCUT2D eigenvalue weighted by Gasteiger charge is -2.32. The number of nitrogens with one attached hydrogen (secondary N) is 1. The van der Waals surface area contributed by atoms with E-state index in [1.54, 1.807) is 6.07 Å². The van der Waals surface area contributed by atoms with Crippen LogP contribution in [0.4, 0.5) is 5.69 Å². The monoisotopic (exact) mass is 312 g/mol. The number of anilines is 1. The number of nitrogen functional groups attached to an aromatic ring is 1. The summed E-state index contributed by atoms with van der Waals surface area (Å²) in [6.45, 7) is 4.32. The lowest BCUT2D eigenvalue weighted by molar-refractivity contribution is 0.249. The van der Waals surface area contributed by atoms with Crippen LogP contribution in [-0.2, 0) is 10.0 Å². The molecule has 0 aliphatic heterocycles.